The number of hydrogen-bond acceptors (Lipinski definition) is 1. The van der Waals surface area contributed by atoms with Gasteiger partial charge in [-0.25, -0.2) is 8.78 Å². The van der Waals surface area contributed by atoms with Crippen molar-refractivity contribution in [2.24, 2.45) is 7.05 Å². The highest BCUT2D eigenvalue weighted by Gasteiger charge is 2.22. The molecule has 0 spiro atoms. The van der Waals surface area contributed by atoms with Crippen molar-refractivity contribution in [3.63, 3.8) is 0 Å². The molecule has 0 bridgehead atoms. The Morgan fingerprint density at radius 3 is 2.50 bits per heavy atom. The smallest absolute Gasteiger partial charge is 0.221 e. The number of para-hydroxylation sites is 1. The Hall–Kier alpha value is -3.47. The number of carbonyl (C=O) groups excluding carboxylic acids is 1. The maximum absolute atomic E-state index is 14.0. The van der Waals surface area contributed by atoms with Gasteiger partial charge < -0.3 is 9.88 Å². The Bertz CT molecular complexity index is 1180. The van der Waals surface area contributed by atoms with E-state index in [2.05, 4.69) is 5.32 Å². The molecule has 0 unspecified atom stereocenters. The lowest BCUT2D eigenvalue weighted by atomic mass is 9.88. The van der Waals surface area contributed by atoms with E-state index in [9.17, 15) is 13.6 Å². The number of hydrogen-bond donors (Lipinski definition) is 1. The second kappa shape index (κ2) is 8.49. The van der Waals surface area contributed by atoms with Crippen LogP contribution in [0.5, 0.6) is 0 Å². The Balaban J connectivity index is 1.62. The van der Waals surface area contributed by atoms with Crippen LogP contribution in [0.2, 0.25) is 0 Å². The van der Waals surface area contributed by atoms with E-state index >= 15 is 0 Å². The summed E-state index contributed by atoms with van der Waals surface area (Å²) in [5.74, 6) is -1.09. The molecule has 1 atom stereocenters. The number of nitrogens with one attached hydrogen (secondary N) is 1. The number of fused-ring (bicyclic) bond motifs is 1. The predicted molar refractivity (Wildman–Crippen MR) is 114 cm³/mol. The van der Waals surface area contributed by atoms with Crippen LogP contribution in [0, 0.1) is 11.6 Å². The number of aryl methyl sites for hydroxylation is 1. The largest absolute Gasteiger partial charge is 0.352 e. The molecular formula is C25H22F2N2O. The number of carbonyl (C=O) groups is 1. The number of halogens is 2. The van der Waals surface area contributed by atoms with Crippen LogP contribution in [0.3, 0.4) is 0 Å². The van der Waals surface area contributed by atoms with Crippen LogP contribution in [0.1, 0.15) is 29.0 Å². The van der Waals surface area contributed by atoms with Gasteiger partial charge in [0.25, 0.3) is 0 Å². The van der Waals surface area contributed by atoms with Gasteiger partial charge in [-0.3, -0.25) is 4.79 Å². The number of nitrogens with zero attached hydrogens (tertiary/aromatic N) is 1. The minimum atomic E-state index is -0.329. The van der Waals surface area contributed by atoms with Crippen molar-refractivity contribution in [2.75, 3.05) is 0 Å². The molecule has 3 nitrogen and oxygen atoms in total. The van der Waals surface area contributed by atoms with E-state index in [4.69, 9.17) is 0 Å². The second-order valence-electron chi connectivity index (χ2n) is 7.43. The summed E-state index contributed by atoms with van der Waals surface area (Å²) in [6.07, 6.45) is 2.19. The summed E-state index contributed by atoms with van der Waals surface area (Å²) in [6.45, 7) is 0.310. The molecule has 0 aliphatic carbocycles. The van der Waals surface area contributed by atoms with Crippen LogP contribution in [-0.4, -0.2) is 10.5 Å². The molecule has 0 saturated carbocycles. The molecule has 1 heterocycles. The molecule has 0 fully saturated rings. The van der Waals surface area contributed by atoms with Gasteiger partial charge in [-0.05, 0) is 47.0 Å². The summed E-state index contributed by atoms with van der Waals surface area (Å²) in [6, 6.07) is 20.4. The van der Waals surface area contributed by atoms with E-state index in [1.807, 2.05) is 48.1 Å². The van der Waals surface area contributed by atoms with E-state index in [0.717, 1.165) is 27.6 Å². The molecule has 1 amide bonds. The van der Waals surface area contributed by atoms with E-state index in [1.165, 1.54) is 24.3 Å². The molecule has 0 aliphatic rings. The Kier molecular flexibility index (Phi) is 5.61. The van der Waals surface area contributed by atoms with Crippen molar-refractivity contribution in [3.8, 4) is 0 Å². The van der Waals surface area contributed by atoms with Crippen LogP contribution >= 0.6 is 0 Å². The van der Waals surface area contributed by atoms with Gasteiger partial charge >= 0.3 is 0 Å². The quantitative estimate of drug-likeness (QED) is 0.465. The lowest BCUT2D eigenvalue weighted by molar-refractivity contribution is -0.121. The van der Waals surface area contributed by atoms with Gasteiger partial charge in [0.1, 0.15) is 11.6 Å². The van der Waals surface area contributed by atoms with Crippen LogP contribution in [0.15, 0.2) is 79.0 Å². The van der Waals surface area contributed by atoms with E-state index < -0.39 is 0 Å². The lowest BCUT2D eigenvalue weighted by Gasteiger charge is -2.17. The van der Waals surface area contributed by atoms with Crippen LogP contribution in [0.25, 0.3) is 10.9 Å². The molecule has 5 heteroatoms. The van der Waals surface area contributed by atoms with Gasteiger partial charge in [0.05, 0.1) is 0 Å². The maximum atomic E-state index is 14.0. The van der Waals surface area contributed by atoms with Crippen molar-refractivity contribution < 1.29 is 13.6 Å². The Morgan fingerprint density at radius 1 is 0.967 bits per heavy atom. The molecule has 0 saturated heterocycles. The first-order valence-electron chi connectivity index (χ1n) is 9.82. The van der Waals surface area contributed by atoms with Gasteiger partial charge in [0.15, 0.2) is 0 Å². The zero-order valence-electron chi connectivity index (χ0n) is 16.6. The highest BCUT2D eigenvalue weighted by atomic mass is 19.1. The van der Waals surface area contributed by atoms with Gasteiger partial charge in [-0.2, -0.15) is 0 Å². The van der Waals surface area contributed by atoms with E-state index in [0.29, 0.717) is 6.54 Å². The number of aromatic nitrogens is 1. The third kappa shape index (κ3) is 4.25. The zero-order valence-corrected chi connectivity index (χ0v) is 16.6. The molecule has 0 aliphatic heterocycles. The van der Waals surface area contributed by atoms with Crippen LogP contribution in [0.4, 0.5) is 8.78 Å². The molecular weight excluding hydrogens is 382 g/mol. The van der Waals surface area contributed by atoms with Crippen molar-refractivity contribution in [3.05, 3.63) is 107 Å². The van der Waals surface area contributed by atoms with Gasteiger partial charge in [0, 0.05) is 43.0 Å². The molecule has 30 heavy (non-hydrogen) atoms. The minimum absolute atomic E-state index is 0.151. The summed E-state index contributed by atoms with van der Waals surface area (Å²) in [5.41, 5.74) is 3.61. The molecule has 152 valence electrons. The van der Waals surface area contributed by atoms with Gasteiger partial charge in [-0.1, -0.05) is 42.5 Å². The summed E-state index contributed by atoms with van der Waals surface area (Å²) >= 11 is 0. The monoisotopic (exact) mass is 404 g/mol. The lowest BCUT2D eigenvalue weighted by Crippen LogP contribution is -2.25. The molecule has 1 aromatic heterocycles. The summed E-state index contributed by atoms with van der Waals surface area (Å²) in [4.78, 5) is 12.8. The first-order chi connectivity index (χ1) is 14.5. The van der Waals surface area contributed by atoms with Crippen molar-refractivity contribution in [1.82, 2.24) is 9.88 Å². The highest BCUT2D eigenvalue weighted by Crippen LogP contribution is 2.34. The Labute approximate surface area is 174 Å². The van der Waals surface area contributed by atoms with Crippen molar-refractivity contribution in [1.29, 1.82) is 0 Å². The fourth-order valence-electron chi connectivity index (χ4n) is 3.84. The Morgan fingerprint density at radius 2 is 1.73 bits per heavy atom. The molecule has 3 aromatic carbocycles. The number of amides is 1. The third-order valence-corrected chi connectivity index (χ3v) is 5.35. The fraction of sp³-hybridized carbons (Fsp3) is 0.160. The standard InChI is InChI=1S/C25H22F2N2O/c1-29-16-23(21-7-2-3-8-24(21)29)22(18-5-4-6-20(27)13-18)14-25(30)28-15-17-9-11-19(26)12-10-17/h2-13,16,22H,14-15H2,1H3,(H,28,30)/t22-/m0/s1. The minimum Gasteiger partial charge on any atom is -0.352 e. The molecule has 4 rings (SSSR count). The SMILES string of the molecule is Cn1cc([C@@H](CC(=O)NCc2ccc(F)cc2)c2cccc(F)c2)c2ccccc21. The van der Waals surface area contributed by atoms with E-state index in [-0.39, 0.29) is 29.9 Å². The average Bonchev–Trinajstić information content (AvgIpc) is 3.08. The van der Waals surface area contributed by atoms with Crippen LogP contribution in [-0.2, 0) is 18.4 Å². The normalized spacial score (nSPS) is 12.1. The first kappa shape index (κ1) is 19.8. The first-order valence-corrected chi connectivity index (χ1v) is 9.82. The third-order valence-electron chi connectivity index (χ3n) is 5.35. The maximum Gasteiger partial charge on any atom is 0.221 e. The molecule has 1 N–H and O–H groups in total. The van der Waals surface area contributed by atoms with Gasteiger partial charge in [0.2, 0.25) is 5.91 Å². The summed E-state index contributed by atoms with van der Waals surface area (Å²) in [7, 11) is 1.96. The number of benzene rings is 3. The fourth-order valence-corrected chi connectivity index (χ4v) is 3.84. The summed E-state index contributed by atoms with van der Waals surface area (Å²) in [5, 5.41) is 3.94. The topological polar surface area (TPSA) is 34.0 Å². The van der Waals surface area contributed by atoms with Crippen molar-refractivity contribution >= 4 is 16.8 Å². The van der Waals surface area contributed by atoms with Crippen molar-refractivity contribution in [2.45, 2.75) is 18.9 Å². The van der Waals surface area contributed by atoms with Gasteiger partial charge in [-0.15, -0.1) is 0 Å². The zero-order chi connectivity index (χ0) is 21.1. The molecule has 0 radical (unpaired) electrons. The van der Waals surface area contributed by atoms with E-state index in [1.54, 1.807) is 18.2 Å². The highest BCUT2D eigenvalue weighted by molar-refractivity contribution is 5.86. The number of rotatable bonds is 6. The summed E-state index contributed by atoms with van der Waals surface area (Å²) < 4.78 is 29.1. The average molecular weight is 404 g/mol. The van der Waals surface area contributed by atoms with Crippen LogP contribution < -0.4 is 5.32 Å². The molecule has 4 aromatic rings. The second-order valence-corrected chi connectivity index (χ2v) is 7.43. The predicted octanol–water partition coefficient (Wildman–Crippen LogP) is 5.29.